The van der Waals surface area contributed by atoms with Crippen LogP contribution in [0.2, 0.25) is 0 Å². The molecule has 0 aromatic heterocycles. The average molecular weight is 328 g/mol. The number of hydrogen-bond acceptors (Lipinski definition) is 4. The van der Waals surface area contributed by atoms with E-state index < -0.39 is 5.54 Å². The van der Waals surface area contributed by atoms with Crippen LogP contribution < -0.4 is 20.5 Å². The summed E-state index contributed by atoms with van der Waals surface area (Å²) in [6, 6.07) is 12.9. The topological polar surface area (TPSA) is 73.6 Å². The van der Waals surface area contributed by atoms with Gasteiger partial charge in [-0.05, 0) is 49.2 Å². The van der Waals surface area contributed by atoms with Gasteiger partial charge in [-0.2, -0.15) is 0 Å². The minimum absolute atomic E-state index is 0.0560. The van der Waals surface area contributed by atoms with Crippen LogP contribution in [0.4, 0.5) is 5.69 Å². The smallest absolute Gasteiger partial charge is 0.225 e. The molecule has 128 valence electrons. The van der Waals surface area contributed by atoms with Gasteiger partial charge >= 0.3 is 0 Å². The summed E-state index contributed by atoms with van der Waals surface area (Å²) >= 11 is 0. The Labute approximate surface area is 142 Å². The van der Waals surface area contributed by atoms with Crippen molar-refractivity contribution in [3.05, 3.63) is 53.6 Å². The number of carbonyl (C=O) groups excluding carboxylic acids is 1. The van der Waals surface area contributed by atoms with Gasteiger partial charge in [-0.1, -0.05) is 18.2 Å². The molecule has 0 bridgehead atoms. The summed E-state index contributed by atoms with van der Waals surface area (Å²) in [7, 11) is 3.19. The molecule has 0 aliphatic carbocycles. The molecule has 0 saturated carbocycles. The van der Waals surface area contributed by atoms with Crippen LogP contribution >= 0.6 is 0 Å². The minimum Gasteiger partial charge on any atom is -0.493 e. The third-order valence-corrected chi connectivity index (χ3v) is 3.90. The first-order valence-electron chi connectivity index (χ1n) is 7.73. The molecule has 0 aliphatic heterocycles. The number of carbonyl (C=O) groups is 1. The zero-order valence-electron chi connectivity index (χ0n) is 14.6. The lowest BCUT2D eigenvalue weighted by molar-refractivity contribution is -0.122. The number of hydrogen-bond donors (Lipinski definition) is 2. The lowest BCUT2D eigenvalue weighted by Gasteiger charge is -2.27. The number of methoxy groups -OCH3 is 2. The molecular weight excluding hydrogens is 304 g/mol. The number of amides is 1. The Morgan fingerprint density at radius 3 is 2.25 bits per heavy atom. The molecule has 1 amide bonds. The molecule has 0 unspecified atom stereocenters. The van der Waals surface area contributed by atoms with Gasteiger partial charge in [-0.15, -0.1) is 0 Å². The van der Waals surface area contributed by atoms with Crippen molar-refractivity contribution in [3.63, 3.8) is 0 Å². The lowest BCUT2D eigenvalue weighted by Crippen LogP contribution is -2.41. The van der Waals surface area contributed by atoms with Crippen LogP contribution in [0.5, 0.6) is 11.5 Å². The van der Waals surface area contributed by atoms with E-state index in [0.717, 1.165) is 11.1 Å². The summed E-state index contributed by atoms with van der Waals surface area (Å²) in [5.74, 6) is 1.24. The highest BCUT2D eigenvalue weighted by atomic mass is 16.5. The van der Waals surface area contributed by atoms with E-state index in [9.17, 15) is 4.79 Å². The van der Waals surface area contributed by atoms with Crippen LogP contribution in [0.15, 0.2) is 42.5 Å². The third-order valence-electron chi connectivity index (χ3n) is 3.90. The molecule has 24 heavy (non-hydrogen) atoms. The maximum atomic E-state index is 12.4. The molecule has 5 nitrogen and oxygen atoms in total. The number of benzene rings is 2. The van der Waals surface area contributed by atoms with Gasteiger partial charge in [0.1, 0.15) is 0 Å². The first-order valence-corrected chi connectivity index (χ1v) is 7.73. The van der Waals surface area contributed by atoms with Crippen molar-refractivity contribution in [1.29, 1.82) is 0 Å². The minimum atomic E-state index is -0.537. The predicted octanol–water partition coefficient (Wildman–Crippen LogP) is 2.88. The molecule has 0 aliphatic rings. The highest BCUT2D eigenvalue weighted by Gasteiger charge is 2.24. The van der Waals surface area contributed by atoms with Crippen LogP contribution in [0.3, 0.4) is 0 Å². The van der Waals surface area contributed by atoms with Gasteiger partial charge in [-0.3, -0.25) is 4.79 Å². The molecule has 2 aromatic rings. The van der Waals surface area contributed by atoms with E-state index in [1.54, 1.807) is 26.4 Å². The monoisotopic (exact) mass is 328 g/mol. The highest BCUT2D eigenvalue weighted by Crippen LogP contribution is 2.32. The largest absolute Gasteiger partial charge is 0.493 e. The summed E-state index contributed by atoms with van der Waals surface area (Å²) in [4.78, 5) is 12.4. The van der Waals surface area contributed by atoms with Crippen molar-refractivity contribution in [1.82, 2.24) is 5.32 Å². The summed E-state index contributed by atoms with van der Waals surface area (Å²) < 4.78 is 10.6. The fraction of sp³-hybridized carbons (Fsp3) is 0.316. The molecule has 0 saturated heterocycles. The Morgan fingerprint density at radius 2 is 1.67 bits per heavy atom. The third kappa shape index (κ3) is 4.19. The van der Waals surface area contributed by atoms with Crippen LogP contribution in [-0.2, 0) is 16.8 Å². The Hall–Kier alpha value is -2.69. The van der Waals surface area contributed by atoms with Gasteiger partial charge in [0.15, 0.2) is 11.5 Å². The zero-order valence-corrected chi connectivity index (χ0v) is 14.6. The van der Waals surface area contributed by atoms with E-state index >= 15 is 0 Å². The van der Waals surface area contributed by atoms with Crippen molar-refractivity contribution >= 4 is 11.6 Å². The zero-order chi connectivity index (χ0) is 17.7. The van der Waals surface area contributed by atoms with Crippen LogP contribution in [0.25, 0.3) is 0 Å². The molecule has 5 heteroatoms. The highest BCUT2D eigenvalue weighted by molar-refractivity contribution is 5.79. The summed E-state index contributed by atoms with van der Waals surface area (Å²) in [6.45, 7) is 3.91. The van der Waals surface area contributed by atoms with Crippen molar-refractivity contribution in [2.75, 3.05) is 20.0 Å². The summed E-state index contributed by atoms with van der Waals surface area (Å²) in [5, 5.41) is 3.06. The second-order valence-electron chi connectivity index (χ2n) is 6.16. The molecular formula is C19H24N2O3. The molecule has 0 spiro atoms. The number of rotatable bonds is 6. The molecule has 0 fully saturated rings. The second kappa shape index (κ2) is 7.25. The number of nitrogen functional groups attached to an aromatic ring is 1. The predicted molar refractivity (Wildman–Crippen MR) is 95.3 cm³/mol. The first-order chi connectivity index (χ1) is 11.4. The molecule has 3 N–H and O–H groups in total. The lowest BCUT2D eigenvalue weighted by atomic mass is 9.93. The van der Waals surface area contributed by atoms with E-state index in [1.807, 2.05) is 44.2 Å². The van der Waals surface area contributed by atoms with Crippen molar-refractivity contribution in [2.24, 2.45) is 0 Å². The Morgan fingerprint density at radius 1 is 1.04 bits per heavy atom. The fourth-order valence-corrected chi connectivity index (χ4v) is 2.51. The van der Waals surface area contributed by atoms with E-state index in [4.69, 9.17) is 15.2 Å². The van der Waals surface area contributed by atoms with Crippen LogP contribution in [-0.4, -0.2) is 20.1 Å². The van der Waals surface area contributed by atoms with E-state index in [-0.39, 0.29) is 5.91 Å². The Balaban J connectivity index is 2.12. The van der Waals surface area contributed by atoms with Gasteiger partial charge in [0.2, 0.25) is 5.91 Å². The quantitative estimate of drug-likeness (QED) is 0.800. The second-order valence-corrected chi connectivity index (χ2v) is 6.16. The van der Waals surface area contributed by atoms with Crippen molar-refractivity contribution in [3.8, 4) is 11.5 Å². The number of nitrogens with two attached hydrogens (primary N) is 1. The van der Waals surface area contributed by atoms with E-state index in [0.29, 0.717) is 23.6 Å². The molecule has 0 heterocycles. The SMILES string of the molecule is COc1ccc(C(C)(C)NC(=O)Cc2ccc(N)cc2)cc1OC. The number of anilines is 1. The maximum Gasteiger partial charge on any atom is 0.225 e. The van der Waals surface area contributed by atoms with E-state index in [1.165, 1.54) is 0 Å². The molecule has 2 aromatic carbocycles. The fourth-order valence-electron chi connectivity index (χ4n) is 2.51. The maximum absolute atomic E-state index is 12.4. The number of nitrogens with one attached hydrogen (secondary N) is 1. The van der Waals surface area contributed by atoms with Gasteiger partial charge in [0.05, 0.1) is 26.2 Å². The number of ether oxygens (including phenoxy) is 2. The summed E-state index contributed by atoms with van der Waals surface area (Å²) in [6.07, 6.45) is 0.303. The summed E-state index contributed by atoms with van der Waals surface area (Å²) in [5.41, 5.74) is 7.67. The van der Waals surface area contributed by atoms with Gasteiger partial charge in [-0.25, -0.2) is 0 Å². The van der Waals surface area contributed by atoms with Gasteiger partial charge < -0.3 is 20.5 Å². The van der Waals surface area contributed by atoms with E-state index in [2.05, 4.69) is 5.32 Å². The standard InChI is InChI=1S/C19H24N2O3/c1-19(2,14-7-10-16(23-3)17(12-14)24-4)21-18(22)11-13-5-8-15(20)9-6-13/h5-10,12H,11,20H2,1-4H3,(H,21,22). The molecule has 2 rings (SSSR count). The van der Waals surface area contributed by atoms with Gasteiger partial charge in [0.25, 0.3) is 0 Å². The van der Waals surface area contributed by atoms with Crippen molar-refractivity contribution in [2.45, 2.75) is 25.8 Å². The van der Waals surface area contributed by atoms with Crippen LogP contribution in [0.1, 0.15) is 25.0 Å². The van der Waals surface area contributed by atoms with Gasteiger partial charge in [0, 0.05) is 5.69 Å². The molecule has 0 atom stereocenters. The molecule has 0 radical (unpaired) electrons. The first kappa shape index (κ1) is 17.7. The Kier molecular flexibility index (Phi) is 5.34. The average Bonchev–Trinajstić information content (AvgIpc) is 2.55. The van der Waals surface area contributed by atoms with Crippen molar-refractivity contribution < 1.29 is 14.3 Å². The normalized spacial score (nSPS) is 11.0. The Bertz CT molecular complexity index is 709. The van der Waals surface area contributed by atoms with Crippen LogP contribution in [0, 0.1) is 0 Å².